The van der Waals surface area contributed by atoms with Gasteiger partial charge in [0, 0.05) is 56.0 Å². The number of nitrogens with zero attached hydrogens (tertiary/aromatic N) is 4. The highest BCUT2D eigenvalue weighted by Gasteiger charge is 2.53. The van der Waals surface area contributed by atoms with E-state index in [0.29, 0.717) is 19.0 Å². The number of methoxy groups -OCH3 is 1. The van der Waals surface area contributed by atoms with E-state index in [2.05, 4.69) is 26.3 Å². The number of carbonyl (C=O) groups excluding carboxylic acids is 1. The Morgan fingerprint density at radius 2 is 2.09 bits per heavy atom. The largest absolute Gasteiger partial charge is 0.497 e. The zero-order chi connectivity index (χ0) is 23.1. The van der Waals surface area contributed by atoms with Crippen molar-refractivity contribution in [1.82, 2.24) is 19.9 Å². The molecule has 0 bridgehead atoms. The van der Waals surface area contributed by atoms with Gasteiger partial charge in [-0.1, -0.05) is 0 Å². The molecule has 1 saturated carbocycles. The molecule has 3 aromatic rings. The third-order valence-corrected chi connectivity index (χ3v) is 7.35. The Hall–Kier alpha value is -3.39. The molecule has 2 N–H and O–H groups in total. The highest BCUT2D eigenvalue weighted by atomic mass is 16.5. The first-order valence-corrected chi connectivity index (χ1v) is 12.0. The standard InChI is InChI=1S/C26H30N6O2/c1-34-22-6-4-21(5-7-22)32-16-20-14-29-25(28-13-18-2-3-18)30-23(20)26(24(32)33)9-11-31(17-26)15-19-8-10-27-12-19/h4-8,10,12,14,18,27H,2-3,9,11,13,15-17H2,1H3,(H,28,29,30). The number of rotatable bonds is 7. The van der Waals surface area contributed by atoms with Crippen LogP contribution in [0.3, 0.4) is 0 Å². The summed E-state index contributed by atoms with van der Waals surface area (Å²) in [5.41, 5.74) is 3.34. The summed E-state index contributed by atoms with van der Waals surface area (Å²) < 4.78 is 5.31. The molecule has 1 aromatic carbocycles. The third-order valence-electron chi connectivity index (χ3n) is 7.35. The molecule has 6 rings (SSSR count). The number of likely N-dealkylation sites (tertiary alicyclic amines) is 1. The van der Waals surface area contributed by atoms with E-state index < -0.39 is 5.41 Å². The number of aromatic nitrogens is 3. The van der Waals surface area contributed by atoms with Gasteiger partial charge in [0.2, 0.25) is 11.9 Å². The molecule has 1 saturated heterocycles. The monoisotopic (exact) mass is 458 g/mol. The van der Waals surface area contributed by atoms with Crippen LogP contribution in [0.1, 0.15) is 36.1 Å². The molecule has 1 amide bonds. The summed E-state index contributed by atoms with van der Waals surface area (Å²) in [6.45, 7) is 3.69. The SMILES string of the molecule is COc1ccc(N2Cc3cnc(NCC4CC4)nc3C3(CCN(Cc4cc[nH]c4)C3)C2=O)cc1. The Morgan fingerprint density at radius 3 is 2.82 bits per heavy atom. The van der Waals surface area contributed by atoms with Crippen LogP contribution in [-0.4, -0.2) is 52.5 Å². The molecule has 0 radical (unpaired) electrons. The zero-order valence-corrected chi connectivity index (χ0v) is 19.5. The van der Waals surface area contributed by atoms with Gasteiger partial charge in [-0.15, -0.1) is 0 Å². The summed E-state index contributed by atoms with van der Waals surface area (Å²) in [7, 11) is 1.65. The molecule has 8 nitrogen and oxygen atoms in total. The number of aromatic amines is 1. The number of amides is 1. The van der Waals surface area contributed by atoms with Gasteiger partial charge in [-0.25, -0.2) is 9.97 Å². The van der Waals surface area contributed by atoms with E-state index in [0.717, 1.165) is 54.7 Å². The predicted octanol–water partition coefficient (Wildman–Crippen LogP) is 3.33. The maximum atomic E-state index is 14.2. The fraction of sp³-hybridized carbons (Fsp3) is 0.423. The van der Waals surface area contributed by atoms with Crippen LogP contribution in [0.5, 0.6) is 5.75 Å². The fourth-order valence-corrected chi connectivity index (χ4v) is 5.26. The minimum atomic E-state index is -0.678. The van der Waals surface area contributed by atoms with Gasteiger partial charge in [0.05, 0.1) is 19.3 Å². The molecular weight excluding hydrogens is 428 g/mol. The van der Waals surface area contributed by atoms with Crippen molar-refractivity contribution in [3.05, 3.63) is 65.7 Å². The molecule has 34 heavy (non-hydrogen) atoms. The maximum Gasteiger partial charge on any atom is 0.240 e. The van der Waals surface area contributed by atoms with Crippen molar-refractivity contribution in [2.45, 2.75) is 37.8 Å². The molecule has 1 atom stereocenters. The van der Waals surface area contributed by atoms with Crippen molar-refractivity contribution in [3.8, 4) is 5.75 Å². The average molecular weight is 459 g/mol. The summed E-state index contributed by atoms with van der Waals surface area (Å²) in [6.07, 6.45) is 9.16. The van der Waals surface area contributed by atoms with E-state index in [1.807, 2.05) is 47.8 Å². The van der Waals surface area contributed by atoms with E-state index in [1.54, 1.807) is 7.11 Å². The van der Waals surface area contributed by atoms with Crippen molar-refractivity contribution >= 4 is 17.5 Å². The van der Waals surface area contributed by atoms with E-state index in [4.69, 9.17) is 9.72 Å². The van der Waals surface area contributed by atoms with Crippen molar-refractivity contribution in [3.63, 3.8) is 0 Å². The summed E-state index contributed by atoms with van der Waals surface area (Å²) in [5, 5.41) is 3.40. The molecule has 1 spiro atoms. The molecule has 2 fully saturated rings. The minimum Gasteiger partial charge on any atom is -0.497 e. The van der Waals surface area contributed by atoms with Gasteiger partial charge < -0.3 is 19.9 Å². The van der Waals surface area contributed by atoms with Crippen LogP contribution in [0, 0.1) is 5.92 Å². The van der Waals surface area contributed by atoms with Crippen LogP contribution in [0.25, 0.3) is 0 Å². The second kappa shape index (κ2) is 8.43. The molecular formula is C26H30N6O2. The van der Waals surface area contributed by atoms with Gasteiger partial charge in [-0.05, 0) is 61.1 Å². The van der Waals surface area contributed by atoms with Crippen LogP contribution in [0.15, 0.2) is 48.9 Å². The van der Waals surface area contributed by atoms with Gasteiger partial charge in [-0.3, -0.25) is 9.69 Å². The molecule has 4 heterocycles. The second-order valence-electron chi connectivity index (χ2n) is 9.74. The lowest BCUT2D eigenvalue weighted by Gasteiger charge is -2.40. The van der Waals surface area contributed by atoms with E-state index in [-0.39, 0.29) is 5.91 Å². The van der Waals surface area contributed by atoms with E-state index in [9.17, 15) is 4.79 Å². The lowest BCUT2D eigenvalue weighted by atomic mass is 9.77. The Balaban J connectivity index is 1.35. The molecule has 1 aliphatic carbocycles. The first-order chi connectivity index (χ1) is 16.6. The molecule has 2 aliphatic heterocycles. The fourth-order valence-electron chi connectivity index (χ4n) is 5.26. The lowest BCUT2D eigenvalue weighted by Crippen LogP contribution is -2.53. The molecule has 3 aliphatic rings. The third kappa shape index (κ3) is 3.81. The normalized spacial score (nSPS) is 22.3. The molecule has 1 unspecified atom stereocenters. The summed E-state index contributed by atoms with van der Waals surface area (Å²) in [6, 6.07) is 9.80. The lowest BCUT2D eigenvalue weighted by molar-refractivity contribution is -0.124. The number of fused-ring (bicyclic) bond motifs is 2. The maximum absolute atomic E-state index is 14.2. The highest BCUT2D eigenvalue weighted by molar-refractivity contribution is 6.03. The van der Waals surface area contributed by atoms with E-state index >= 15 is 0 Å². The Labute approximate surface area is 199 Å². The summed E-state index contributed by atoms with van der Waals surface area (Å²) >= 11 is 0. The molecule has 176 valence electrons. The Bertz CT molecular complexity index is 1170. The Morgan fingerprint density at radius 1 is 1.24 bits per heavy atom. The number of nitrogens with one attached hydrogen (secondary N) is 2. The van der Waals surface area contributed by atoms with Crippen LogP contribution < -0.4 is 15.0 Å². The second-order valence-corrected chi connectivity index (χ2v) is 9.74. The van der Waals surface area contributed by atoms with Gasteiger partial charge in [0.1, 0.15) is 11.2 Å². The summed E-state index contributed by atoms with van der Waals surface area (Å²) in [5.74, 6) is 2.26. The first kappa shape index (κ1) is 21.2. The average Bonchev–Trinajstić information content (AvgIpc) is 3.38. The van der Waals surface area contributed by atoms with Crippen LogP contribution >= 0.6 is 0 Å². The topological polar surface area (TPSA) is 86.4 Å². The van der Waals surface area contributed by atoms with E-state index in [1.165, 1.54) is 18.4 Å². The van der Waals surface area contributed by atoms with Crippen LogP contribution in [0.2, 0.25) is 0 Å². The van der Waals surface area contributed by atoms with Crippen molar-refractivity contribution < 1.29 is 9.53 Å². The first-order valence-electron chi connectivity index (χ1n) is 12.0. The number of hydrogen-bond acceptors (Lipinski definition) is 6. The molecule has 8 heteroatoms. The minimum absolute atomic E-state index is 0.119. The number of ether oxygens (including phenoxy) is 1. The quantitative estimate of drug-likeness (QED) is 0.565. The number of hydrogen-bond donors (Lipinski definition) is 2. The van der Waals surface area contributed by atoms with Crippen LogP contribution in [-0.2, 0) is 23.3 Å². The molecule has 2 aromatic heterocycles. The number of benzene rings is 1. The van der Waals surface area contributed by atoms with Gasteiger partial charge in [0.15, 0.2) is 0 Å². The Kier molecular flexibility index (Phi) is 5.25. The van der Waals surface area contributed by atoms with Gasteiger partial charge in [-0.2, -0.15) is 0 Å². The highest BCUT2D eigenvalue weighted by Crippen LogP contribution is 2.43. The number of carbonyl (C=O) groups is 1. The van der Waals surface area contributed by atoms with Crippen molar-refractivity contribution in [2.75, 3.05) is 37.0 Å². The zero-order valence-electron chi connectivity index (χ0n) is 19.5. The van der Waals surface area contributed by atoms with Gasteiger partial charge in [0.25, 0.3) is 0 Å². The predicted molar refractivity (Wildman–Crippen MR) is 130 cm³/mol. The van der Waals surface area contributed by atoms with Gasteiger partial charge >= 0.3 is 0 Å². The smallest absolute Gasteiger partial charge is 0.240 e. The summed E-state index contributed by atoms with van der Waals surface area (Å²) in [4.78, 5) is 31.1. The number of H-pyrrole nitrogens is 1. The number of anilines is 2. The van der Waals surface area contributed by atoms with Crippen molar-refractivity contribution in [2.24, 2.45) is 5.92 Å². The van der Waals surface area contributed by atoms with Crippen molar-refractivity contribution in [1.29, 1.82) is 0 Å². The van der Waals surface area contributed by atoms with Crippen LogP contribution in [0.4, 0.5) is 11.6 Å².